The van der Waals surface area contributed by atoms with E-state index in [2.05, 4.69) is 31.4 Å². The average Bonchev–Trinajstić information content (AvgIpc) is 2.76. The lowest BCUT2D eigenvalue weighted by Gasteiger charge is -2.38. The molecule has 0 spiro atoms. The monoisotopic (exact) mass is 441 g/mol. The summed E-state index contributed by atoms with van der Waals surface area (Å²) in [4.78, 5) is 27.2. The van der Waals surface area contributed by atoms with Crippen LogP contribution in [0.2, 0.25) is 0 Å². The summed E-state index contributed by atoms with van der Waals surface area (Å²) in [5.41, 5.74) is 13.4. The van der Waals surface area contributed by atoms with E-state index in [1.807, 2.05) is 20.0 Å². The zero-order chi connectivity index (χ0) is 23.0. The number of alkyl halides is 2. The SMILES string of the molecule is CN=C/C(=C(/C)N)c1cnc2c(c1)CN(C1Nn3c(nc(C(F)F)cc3=O)C=C1C)CC2. The number of fused-ring (bicyclic) bond motifs is 2. The quantitative estimate of drug-likeness (QED) is 0.706. The van der Waals surface area contributed by atoms with E-state index < -0.39 is 17.7 Å². The number of rotatable bonds is 4. The zero-order valence-electron chi connectivity index (χ0n) is 18.1. The molecule has 1 unspecified atom stereocenters. The molecule has 8 nitrogen and oxygen atoms in total. The fraction of sp³-hybridized carbons (Fsp3) is 0.364. The van der Waals surface area contributed by atoms with Crippen molar-refractivity contribution in [2.24, 2.45) is 10.7 Å². The lowest BCUT2D eigenvalue weighted by atomic mass is 9.98. The van der Waals surface area contributed by atoms with Gasteiger partial charge in [-0.25, -0.2) is 18.4 Å². The molecule has 2 aliphatic heterocycles. The molecule has 0 aromatic carbocycles. The number of aliphatic imine (C=N–C) groups is 1. The van der Waals surface area contributed by atoms with E-state index >= 15 is 0 Å². The Bertz CT molecular complexity index is 1200. The Labute approximate surface area is 184 Å². The minimum absolute atomic E-state index is 0.176. The first-order chi connectivity index (χ1) is 15.3. The van der Waals surface area contributed by atoms with Crippen molar-refractivity contribution < 1.29 is 8.78 Å². The molecule has 2 aromatic heterocycles. The van der Waals surface area contributed by atoms with Gasteiger partial charge in [0.1, 0.15) is 11.9 Å². The molecule has 0 radical (unpaired) electrons. The number of pyridine rings is 1. The maximum absolute atomic E-state index is 13.0. The maximum atomic E-state index is 13.0. The molecule has 0 amide bonds. The third kappa shape index (κ3) is 4.05. The lowest BCUT2D eigenvalue weighted by Crippen LogP contribution is -2.51. The van der Waals surface area contributed by atoms with Gasteiger partial charge in [0.05, 0.1) is 0 Å². The van der Waals surface area contributed by atoms with Crippen LogP contribution in [-0.4, -0.2) is 45.5 Å². The summed E-state index contributed by atoms with van der Waals surface area (Å²) in [6.07, 6.45) is 2.88. The molecular formula is C22H25F2N7O. The highest BCUT2D eigenvalue weighted by Gasteiger charge is 2.29. The first kappa shape index (κ1) is 21.8. The molecule has 2 aromatic rings. The molecule has 32 heavy (non-hydrogen) atoms. The zero-order valence-corrected chi connectivity index (χ0v) is 18.1. The van der Waals surface area contributed by atoms with Gasteiger partial charge >= 0.3 is 0 Å². The highest BCUT2D eigenvalue weighted by molar-refractivity contribution is 6.10. The summed E-state index contributed by atoms with van der Waals surface area (Å²) < 4.78 is 27.3. The van der Waals surface area contributed by atoms with E-state index in [0.29, 0.717) is 12.2 Å². The molecule has 0 aliphatic carbocycles. The predicted molar refractivity (Wildman–Crippen MR) is 120 cm³/mol. The second-order valence-corrected chi connectivity index (χ2v) is 7.97. The predicted octanol–water partition coefficient (Wildman–Crippen LogP) is 2.31. The van der Waals surface area contributed by atoms with Crippen molar-refractivity contribution in [2.75, 3.05) is 19.0 Å². The molecule has 0 saturated carbocycles. The summed E-state index contributed by atoms with van der Waals surface area (Å²) in [6, 6.07) is 2.94. The van der Waals surface area contributed by atoms with Crippen molar-refractivity contribution in [3.8, 4) is 0 Å². The standard InChI is InChI=1S/C22H25F2N7O/c1-12-6-19-28-18(21(23)24)8-20(32)31(19)29-22(12)30-5-4-17-15(11-30)7-14(9-27-17)16(10-26-3)13(2)25/h6-10,21-22,29H,4-5,11,25H2,1-3H3/b16-13+,26-10?. The molecular weight excluding hydrogens is 416 g/mol. The van der Waals surface area contributed by atoms with Crippen LogP contribution in [0.5, 0.6) is 0 Å². The Kier molecular flexibility index (Phi) is 5.88. The van der Waals surface area contributed by atoms with Crippen LogP contribution in [0.4, 0.5) is 8.78 Å². The van der Waals surface area contributed by atoms with Crippen molar-refractivity contribution in [2.45, 2.75) is 39.4 Å². The van der Waals surface area contributed by atoms with Gasteiger partial charge < -0.3 is 5.73 Å². The number of halogens is 2. The van der Waals surface area contributed by atoms with Crippen molar-refractivity contribution in [1.29, 1.82) is 0 Å². The first-order valence-corrected chi connectivity index (χ1v) is 10.3. The van der Waals surface area contributed by atoms with Gasteiger partial charge in [0.2, 0.25) is 0 Å². The van der Waals surface area contributed by atoms with Gasteiger partial charge in [0.25, 0.3) is 12.0 Å². The molecule has 0 fully saturated rings. The average molecular weight is 441 g/mol. The minimum atomic E-state index is -2.80. The molecule has 4 rings (SSSR count). The second-order valence-electron chi connectivity index (χ2n) is 7.97. The van der Waals surface area contributed by atoms with Gasteiger partial charge in [-0.3, -0.25) is 25.1 Å². The highest BCUT2D eigenvalue weighted by Crippen LogP contribution is 2.27. The lowest BCUT2D eigenvalue weighted by molar-refractivity contribution is 0.145. The smallest absolute Gasteiger partial charge is 0.280 e. The first-order valence-electron chi connectivity index (χ1n) is 10.3. The summed E-state index contributed by atoms with van der Waals surface area (Å²) in [5, 5.41) is 0. The van der Waals surface area contributed by atoms with Gasteiger partial charge in [-0.15, -0.1) is 0 Å². The van der Waals surface area contributed by atoms with Crippen LogP contribution in [0.3, 0.4) is 0 Å². The fourth-order valence-corrected chi connectivity index (χ4v) is 4.08. The van der Waals surface area contributed by atoms with Gasteiger partial charge in [0.15, 0.2) is 5.82 Å². The van der Waals surface area contributed by atoms with Crippen LogP contribution in [-0.2, 0) is 13.0 Å². The number of hydrogen-bond donors (Lipinski definition) is 2. The van der Waals surface area contributed by atoms with Crippen molar-refractivity contribution in [1.82, 2.24) is 19.5 Å². The number of allylic oxidation sites excluding steroid dienone is 2. The minimum Gasteiger partial charge on any atom is -0.402 e. The molecule has 1 atom stereocenters. The molecule has 2 aliphatic rings. The number of nitrogens with one attached hydrogen (secondary N) is 1. The fourth-order valence-electron chi connectivity index (χ4n) is 4.08. The Hall–Kier alpha value is -3.40. The molecule has 0 bridgehead atoms. The Morgan fingerprint density at radius 1 is 1.41 bits per heavy atom. The van der Waals surface area contributed by atoms with Crippen LogP contribution in [0.25, 0.3) is 11.6 Å². The van der Waals surface area contributed by atoms with Crippen LogP contribution in [0, 0.1) is 0 Å². The van der Waals surface area contributed by atoms with Crippen molar-refractivity contribution in [3.63, 3.8) is 0 Å². The normalized spacial score (nSPS) is 19.3. The molecule has 0 saturated heterocycles. The Morgan fingerprint density at radius 3 is 2.88 bits per heavy atom. The van der Waals surface area contributed by atoms with Crippen molar-refractivity contribution in [3.05, 3.63) is 68.3 Å². The van der Waals surface area contributed by atoms with E-state index in [-0.39, 0.29) is 12.0 Å². The summed E-state index contributed by atoms with van der Waals surface area (Å²) in [6.45, 7) is 5.05. The number of nitrogens with zero attached hydrogens (tertiary/aromatic N) is 5. The maximum Gasteiger partial charge on any atom is 0.280 e. The number of nitrogens with two attached hydrogens (primary N) is 1. The molecule has 4 heterocycles. The van der Waals surface area contributed by atoms with E-state index in [4.69, 9.17) is 5.73 Å². The Morgan fingerprint density at radius 2 is 2.19 bits per heavy atom. The summed E-state index contributed by atoms with van der Waals surface area (Å²) >= 11 is 0. The van der Waals surface area contributed by atoms with Crippen LogP contribution < -0.4 is 16.7 Å². The van der Waals surface area contributed by atoms with Crippen LogP contribution in [0.15, 0.2) is 39.4 Å². The van der Waals surface area contributed by atoms with Crippen molar-refractivity contribution >= 4 is 17.9 Å². The van der Waals surface area contributed by atoms with E-state index in [1.54, 1.807) is 19.3 Å². The van der Waals surface area contributed by atoms with Crippen LogP contribution >= 0.6 is 0 Å². The van der Waals surface area contributed by atoms with E-state index in [9.17, 15) is 13.6 Å². The highest BCUT2D eigenvalue weighted by atomic mass is 19.3. The van der Waals surface area contributed by atoms with Gasteiger partial charge in [0, 0.05) is 67.6 Å². The second kappa shape index (κ2) is 8.62. The number of aromatic nitrogens is 3. The number of hydrogen-bond acceptors (Lipinski definition) is 7. The largest absolute Gasteiger partial charge is 0.402 e. The van der Waals surface area contributed by atoms with Gasteiger partial charge in [-0.1, -0.05) is 0 Å². The molecule has 10 heteroatoms. The third-order valence-corrected chi connectivity index (χ3v) is 5.66. The topological polar surface area (TPSA) is 101 Å². The van der Waals surface area contributed by atoms with E-state index in [1.165, 1.54) is 4.68 Å². The summed E-state index contributed by atoms with van der Waals surface area (Å²) in [7, 11) is 1.69. The summed E-state index contributed by atoms with van der Waals surface area (Å²) in [5.74, 6) is 0.176. The Balaban J connectivity index is 1.63. The van der Waals surface area contributed by atoms with Crippen LogP contribution in [0.1, 0.15) is 48.6 Å². The molecule has 168 valence electrons. The van der Waals surface area contributed by atoms with Gasteiger partial charge in [-0.2, -0.15) is 0 Å². The van der Waals surface area contributed by atoms with Gasteiger partial charge in [-0.05, 0) is 37.1 Å². The third-order valence-electron chi connectivity index (χ3n) is 5.66. The van der Waals surface area contributed by atoms with E-state index in [0.717, 1.165) is 47.0 Å². The molecule has 3 N–H and O–H groups in total.